The molecule has 2 N–H and O–H groups in total. The Bertz CT molecular complexity index is 687. The molecule has 0 aromatic heterocycles. The van der Waals surface area contributed by atoms with E-state index in [-0.39, 0.29) is 48.4 Å². The SMILES string of the molecule is CCOC(=O)C1=C(O)C2C3CC4C2C(O)=C(C(=O)OCC)C2C1C3C42. The quantitative estimate of drug-likeness (QED) is 0.758. The molecule has 0 amide bonds. The Labute approximate surface area is 145 Å². The number of allylic oxidation sites excluding steroid dienone is 2. The molecule has 3 saturated carbocycles. The van der Waals surface area contributed by atoms with Gasteiger partial charge in [-0.15, -0.1) is 0 Å². The van der Waals surface area contributed by atoms with Gasteiger partial charge < -0.3 is 19.7 Å². The van der Waals surface area contributed by atoms with Crippen LogP contribution in [0.15, 0.2) is 22.7 Å². The number of carbonyl (C=O) groups excluding carboxylic acids is 2. The van der Waals surface area contributed by atoms with E-state index in [1.54, 1.807) is 13.8 Å². The van der Waals surface area contributed by atoms with Crippen molar-refractivity contribution in [3.05, 3.63) is 22.7 Å². The van der Waals surface area contributed by atoms with Crippen molar-refractivity contribution in [1.29, 1.82) is 0 Å². The van der Waals surface area contributed by atoms with Crippen LogP contribution in [0.4, 0.5) is 0 Å². The first kappa shape index (κ1) is 15.3. The van der Waals surface area contributed by atoms with Crippen LogP contribution in [0, 0.1) is 47.3 Å². The summed E-state index contributed by atoms with van der Waals surface area (Å²) >= 11 is 0. The average molecular weight is 346 g/mol. The number of aliphatic hydroxyl groups is 2. The van der Waals surface area contributed by atoms with Crippen LogP contribution in [0.2, 0.25) is 0 Å². The second-order valence-corrected chi connectivity index (χ2v) is 7.86. The van der Waals surface area contributed by atoms with Crippen molar-refractivity contribution in [2.45, 2.75) is 20.3 Å². The molecule has 5 rings (SSSR count). The van der Waals surface area contributed by atoms with Crippen LogP contribution in [-0.2, 0) is 19.1 Å². The van der Waals surface area contributed by atoms with Crippen molar-refractivity contribution in [1.82, 2.24) is 0 Å². The molecular weight excluding hydrogens is 324 g/mol. The molecule has 0 radical (unpaired) electrons. The molecule has 134 valence electrons. The minimum atomic E-state index is -0.481. The fourth-order valence-corrected chi connectivity index (χ4v) is 6.94. The number of ether oxygens (including phenoxy) is 2. The standard InChI is InChI=1S/C19H22O6/c1-3-24-18(22)14-12-8-6-5-7-9(8)13(12)15(19(23)25-4-2)17(21)11(7)10(6)16(14)20/h6-13,20-21H,3-5H2,1-2H3. The summed E-state index contributed by atoms with van der Waals surface area (Å²) in [5.41, 5.74) is 0.683. The van der Waals surface area contributed by atoms with E-state index in [4.69, 9.17) is 9.47 Å². The van der Waals surface area contributed by atoms with Crippen molar-refractivity contribution in [2.24, 2.45) is 47.3 Å². The number of aliphatic hydroxyl groups excluding tert-OH is 2. The van der Waals surface area contributed by atoms with Gasteiger partial charge in [-0.25, -0.2) is 9.59 Å². The molecule has 0 aliphatic heterocycles. The molecule has 0 saturated heterocycles. The number of hydrogen-bond donors (Lipinski definition) is 2. The third-order valence-corrected chi connectivity index (χ3v) is 7.34. The second kappa shape index (κ2) is 4.80. The molecule has 0 heterocycles. The predicted octanol–water partition coefficient (Wildman–Crippen LogP) is 2.12. The Balaban J connectivity index is 1.66. The number of carbonyl (C=O) groups is 2. The molecule has 0 aromatic rings. The second-order valence-electron chi connectivity index (χ2n) is 7.86. The lowest BCUT2D eigenvalue weighted by molar-refractivity contribution is -0.155. The van der Waals surface area contributed by atoms with Gasteiger partial charge in [-0.1, -0.05) is 0 Å². The summed E-state index contributed by atoms with van der Waals surface area (Å²) in [6, 6.07) is 0. The monoisotopic (exact) mass is 346 g/mol. The van der Waals surface area contributed by atoms with Crippen LogP contribution >= 0.6 is 0 Å². The van der Waals surface area contributed by atoms with Gasteiger partial charge in [0.1, 0.15) is 11.5 Å². The highest BCUT2D eigenvalue weighted by Gasteiger charge is 2.77. The number of esters is 2. The molecule has 0 spiro atoms. The maximum atomic E-state index is 12.5. The Kier molecular flexibility index (Phi) is 2.94. The molecule has 2 bridgehead atoms. The molecule has 5 aliphatic rings. The van der Waals surface area contributed by atoms with Gasteiger partial charge in [-0.2, -0.15) is 0 Å². The smallest absolute Gasteiger partial charge is 0.337 e. The minimum absolute atomic E-state index is 0.0924. The van der Waals surface area contributed by atoms with E-state index in [1.807, 2.05) is 0 Å². The summed E-state index contributed by atoms with van der Waals surface area (Å²) in [4.78, 5) is 25.0. The minimum Gasteiger partial charge on any atom is -0.511 e. The summed E-state index contributed by atoms with van der Waals surface area (Å²) in [5.74, 6) is -0.582. The van der Waals surface area contributed by atoms with Gasteiger partial charge in [-0.05, 0) is 43.9 Å². The molecule has 6 nitrogen and oxygen atoms in total. The maximum absolute atomic E-state index is 12.5. The van der Waals surface area contributed by atoms with Crippen LogP contribution in [0.5, 0.6) is 0 Å². The van der Waals surface area contributed by atoms with Crippen molar-refractivity contribution in [2.75, 3.05) is 13.2 Å². The number of rotatable bonds is 4. The fraction of sp³-hybridized carbons (Fsp3) is 0.684. The number of fused-ring (bicyclic) bond motifs is 2. The number of hydrogen-bond acceptors (Lipinski definition) is 6. The third-order valence-electron chi connectivity index (χ3n) is 7.34. The molecule has 0 aromatic carbocycles. The van der Waals surface area contributed by atoms with Crippen LogP contribution in [0.1, 0.15) is 20.3 Å². The van der Waals surface area contributed by atoms with Gasteiger partial charge in [0.2, 0.25) is 0 Å². The molecule has 3 fully saturated rings. The average Bonchev–Trinajstić information content (AvgIpc) is 3.09. The van der Waals surface area contributed by atoms with Crippen molar-refractivity contribution in [3.8, 4) is 0 Å². The van der Waals surface area contributed by atoms with Crippen LogP contribution in [-0.4, -0.2) is 35.4 Å². The summed E-state index contributed by atoms with van der Waals surface area (Å²) in [6.07, 6.45) is 0.956. The zero-order chi connectivity index (χ0) is 17.6. The third kappa shape index (κ3) is 1.53. The molecular formula is C19H22O6. The van der Waals surface area contributed by atoms with E-state index in [2.05, 4.69) is 0 Å². The molecule has 5 aliphatic carbocycles. The Hall–Kier alpha value is -1.98. The Morgan fingerprint density at radius 2 is 1.24 bits per heavy atom. The molecule has 8 atom stereocenters. The lowest BCUT2D eigenvalue weighted by atomic mass is 9.40. The van der Waals surface area contributed by atoms with E-state index in [0.717, 1.165) is 6.42 Å². The van der Waals surface area contributed by atoms with Gasteiger partial charge in [0.15, 0.2) is 0 Å². The first-order valence-electron chi connectivity index (χ1n) is 9.23. The Morgan fingerprint density at radius 3 is 1.60 bits per heavy atom. The van der Waals surface area contributed by atoms with Gasteiger partial charge in [0.05, 0.1) is 24.4 Å². The van der Waals surface area contributed by atoms with E-state index >= 15 is 0 Å². The van der Waals surface area contributed by atoms with Crippen LogP contribution < -0.4 is 0 Å². The summed E-state index contributed by atoms with van der Waals surface area (Å²) < 4.78 is 10.4. The Morgan fingerprint density at radius 1 is 0.840 bits per heavy atom. The highest BCUT2D eigenvalue weighted by atomic mass is 16.5. The maximum Gasteiger partial charge on any atom is 0.337 e. The first-order chi connectivity index (χ1) is 12.0. The molecule has 8 unspecified atom stereocenters. The van der Waals surface area contributed by atoms with Crippen LogP contribution in [0.3, 0.4) is 0 Å². The highest BCUT2D eigenvalue weighted by Crippen LogP contribution is 2.79. The lowest BCUT2D eigenvalue weighted by Crippen LogP contribution is -2.63. The van der Waals surface area contributed by atoms with Gasteiger partial charge in [0, 0.05) is 23.7 Å². The summed E-state index contributed by atoms with van der Waals surface area (Å²) in [5, 5.41) is 21.7. The van der Waals surface area contributed by atoms with Crippen molar-refractivity contribution >= 4 is 11.9 Å². The largest absolute Gasteiger partial charge is 0.511 e. The summed E-state index contributed by atoms with van der Waals surface area (Å²) in [7, 11) is 0. The molecule has 6 heteroatoms. The van der Waals surface area contributed by atoms with E-state index in [1.165, 1.54) is 0 Å². The van der Waals surface area contributed by atoms with Gasteiger partial charge in [-0.3, -0.25) is 0 Å². The van der Waals surface area contributed by atoms with E-state index < -0.39 is 11.9 Å². The van der Waals surface area contributed by atoms with Gasteiger partial charge >= 0.3 is 11.9 Å². The van der Waals surface area contributed by atoms with E-state index in [9.17, 15) is 19.8 Å². The normalized spacial score (nSPS) is 44.9. The highest BCUT2D eigenvalue weighted by molar-refractivity contribution is 5.94. The molecule has 25 heavy (non-hydrogen) atoms. The lowest BCUT2D eigenvalue weighted by Gasteiger charge is -2.63. The summed E-state index contributed by atoms with van der Waals surface area (Å²) in [6.45, 7) is 3.96. The van der Waals surface area contributed by atoms with Crippen molar-refractivity contribution in [3.63, 3.8) is 0 Å². The first-order valence-corrected chi connectivity index (χ1v) is 9.23. The predicted molar refractivity (Wildman–Crippen MR) is 85.1 cm³/mol. The van der Waals surface area contributed by atoms with Crippen molar-refractivity contribution < 1.29 is 29.3 Å². The zero-order valence-electron chi connectivity index (χ0n) is 14.3. The zero-order valence-corrected chi connectivity index (χ0v) is 14.3. The fourth-order valence-electron chi connectivity index (χ4n) is 6.94. The van der Waals surface area contributed by atoms with Gasteiger partial charge in [0.25, 0.3) is 0 Å². The van der Waals surface area contributed by atoms with E-state index in [0.29, 0.717) is 34.8 Å². The van der Waals surface area contributed by atoms with Crippen LogP contribution in [0.25, 0.3) is 0 Å². The topological polar surface area (TPSA) is 93.1 Å².